The van der Waals surface area contributed by atoms with Gasteiger partial charge in [-0.15, -0.1) is 6.42 Å². The molecule has 0 saturated heterocycles. The van der Waals surface area contributed by atoms with E-state index in [1.165, 1.54) is 17.5 Å². The van der Waals surface area contributed by atoms with Gasteiger partial charge >= 0.3 is 0 Å². The average molecular weight is 256 g/mol. The van der Waals surface area contributed by atoms with Crippen LogP contribution < -0.4 is 0 Å². The van der Waals surface area contributed by atoms with Crippen LogP contribution in [0.1, 0.15) is 64.7 Å². The molecule has 1 aliphatic rings. The van der Waals surface area contributed by atoms with E-state index in [1.54, 1.807) is 0 Å². The van der Waals surface area contributed by atoms with E-state index in [2.05, 4.69) is 51.8 Å². The van der Waals surface area contributed by atoms with Gasteiger partial charge in [0.25, 0.3) is 0 Å². The zero-order chi connectivity index (χ0) is 14.6. The maximum Gasteiger partial charge on any atom is 0.0277 e. The lowest BCUT2D eigenvalue weighted by Crippen LogP contribution is -2.35. The van der Waals surface area contributed by atoms with Gasteiger partial charge in [-0.1, -0.05) is 59.6 Å². The molecule has 0 bridgehead atoms. The van der Waals surface area contributed by atoms with Crippen molar-refractivity contribution >= 4 is 0 Å². The van der Waals surface area contributed by atoms with Crippen LogP contribution in [-0.2, 0) is 11.8 Å². The van der Waals surface area contributed by atoms with Crippen LogP contribution in [0.3, 0.4) is 0 Å². The summed E-state index contributed by atoms with van der Waals surface area (Å²) in [6.45, 7) is 13.4. The molecule has 2 rings (SSSR count). The maximum absolute atomic E-state index is 5.61. The lowest BCUT2D eigenvalue weighted by Gasteiger charge is -2.39. The summed E-state index contributed by atoms with van der Waals surface area (Å²) < 4.78 is 0. The second kappa shape index (κ2) is 6.29. The highest BCUT2D eigenvalue weighted by molar-refractivity contribution is 5.51. The highest BCUT2D eigenvalue weighted by Crippen LogP contribution is 2.49. The summed E-state index contributed by atoms with van der Waals surface area (Å²) in [7, 11) is 0. The summed E-state index contributed by atoms with van der Waals surface area (Å²) in [5.41, 5.74) is 4.36. The van der Waals surface area contributed by atoms with Crippen LogP contribution in [0.4, 0.5) is 0 Å². The lowest BCUT2D eigenvalue weighted by molar-refractivity contribution is 0.218. The fourth-order valence-corrected chi connectivity index (χ4v) is 3.76. The van der Waals surface area contributed by atoms with Crippen molar-refractivity contribution in [2.75, 3.05) is 0 Å². The molecule has 0 aliphatic heterocycles. The quantitative estimate of drug-likeness (QED) is 0.639. The van der Waals surface area contributed by atoms with E-state index in [1.807, 2.05) is 13.8 Å². The zero-order valence-corrected chi connectivity index (χ0v) is 13.4. The molecule has 1 aromatic rings. The third-order valence-electron chi connectivity index (χ3n) is 4.68. The number of hydrogen-bond acceptors (Lipinski definition) is 0. The van der Waals surface area contributed by atoms with E-state index in [9.17, 15) is 0 Å². The van der Waals surface area contributed by atoms with Gasteiger partial charge in [0.15, 0.2) is 0 Å². The highest BCUT2D eigenvalue weighted by Gasteiger charge is 2.44. The van der Waals surface area contributed by atoms with Crippen molar-refractivity contribution in [3.8, 4) is 12.3 Å². The molecule has 0 unspecified atom stereocenters. The number of benzene rings is 1. The van der Waals surface area contributed by atoms with Crippen LogP contribution in [-0.4, -0.2) is 0 Å². The minimum absolute atomic E-state index is 0.322. The lowest BCUT2D eigenvalue weighted by atomic mass is 9.65. The second-order valence-corrected chi connectivity index (χ2v) is 5.83. The molecule has 0 fully saturated rings. The molecule has 0 N–H and O–H groups in total. The smallest absolute Gasteiger partial charge is 0.0277 e. The van der Waals surface area contributed by atoms with Crippen molar-refractivity contribution < 1.29 is 0 Å². The van der Waals surface area contributed by atoms with Gasteiger partial charge in [0.1, 0.15) is 0 Å². The van der Waals surface area contributed by atoms with E-state index in [0.29, 0.717) is 17.3 Å². The van der Waals surface area contributed by atoms with E-state index in [4.69, 9.17) is 6.42 Å². The average Bonchev–Trinajstić information content (AvgIpc) is 2.81. The van der Waals surface area contributed by atoms with Crippen molar-refractivity contribution in [1.82, 2.24) is 0 Å². The van der Waals surface area contributed by atoms with Crippen molar-refractivity contribution in [3.63, 3.8) is 0 Å². The third kappa shape index (κ3) is 2.44. The number of terminal acetylenes is 1. The molecule has 1 aromatic carbocycles. The molecule has 19 heavy (non-hydrogen) atoms. The fourth-order valence-electron chi connectivity index (χ4n) is 3.76. The standard InChI is InChI=1S/C17H22.C2H6/c1-6-14-8-7-9-16-15(14)10-11-17(16,12(2)3)13(4)5;1-2/h1,7-9,12-13H,10-11H2,2-5H3;1-2H3. The predicted molar refractivity (Wildman–Crippen MR) is 85.4 cm³/mol. The van der Waals surface area contributed by atoms with Crippen LogP contribution in [0.2, 0.25) is 0 Å². The first kappa shape index (κ1) is 15.8. The molecule has 0 spiro atoms. The number of rotatable bonds is 2. The molecule has 0 atom stereocenters. The summed E-state index contributed by atoms with van der Waals surface area (Å²) >= 11 is 0. The molecular weight excluding hydrogens is 228 g/mol. The first-order chi connectivity index (χ1) is 9.04. The van der Waals surface area contributed by atoms with Crippen LogP contribution in [0.25, 0.3) is 0 Å². The van der Waals surface area contributed by atoms with Gasteiger partial charge in [-0.25, -0.2) is 0 Å². The summed E-state index contributed by atoms with van der Waals surface area (Å²) in [6.07, 6.45) is 8.00. The van der Waals surface area contributed by atoms with Gasteiger partial charge in [-0.2, -0.15) is 0 Å². The van der Waals surface area contributed by atoms with E-state index in [-0.39, 0.29) is 0 Å². The Morgan fingerprint density at radius 1 is 1.11 bits per heavy atom. The predicted octanol–water partition coefficient (Wildman–Crippen LogP) is 5.19. The molecule has 0 saturated carbocycles. The molecule has 0 heteroatoms. The Labute approximate surface area is 119 Å². The number of fused-ring (bicyclic) bond motifs is 1. The van der Waals surface area contributed by atoms with E-state index in [0.717, 1.165) is 12.0 Å². The van der Waals surface area contributed by atoms with Gasteiger partial charge in [-0.3, -0.25) is 0 Å². The minimum atomic E-state index is 0.322. The van der Waals surface area contributed by atoms with Gasteiger partial charge < -0.3 is 0 Å². The Hall–Kier alpha value is -1.22. The second-order valence-electron chi connectivity index (χ2n) is 5.83. The highest BCUT2D eigenvalue weighted by atomic mass is 14.5. The summed E-state index contributed by atoms with van der Waals surface area (Å²) in [6, 6.07) is 6.50. The van der Waals surface area contributed by atoms with Crippen LogP contribution in [0, 0.1) is 24.2 Å². The topological polar surface area (TPSA) is 0 Å². The normalized spacial score (nSPS) is 15.7. The molecule has 0 nitrogen and oxygen atoms in total. The summed E-state index contributed by atoms with van der Waals surface area (Å²) in [5, 5.41) is 0. The maximum atomic E-state index is 5.61. The van der Waals surface area contributed by atoms with Crippen LogP contribution >= 0.6 is 0 Å². The first-order valence-corrected chi connectivity index (χ1v) is 7.63. The monoisotopic (exact) mass is 256 g/mol. The Bertz CT molecular complexity index is 449. The molecule has 0 heterocycles. The van der Waals surface area contributed by atoms with Crippen molar-refractivity contribution in [2.24, 2.45) is 11.8 Å². The summed E-state index contributed by atoms with van der Waals surface area (Å²) in [4.78, 5) is 0. The zero-order valence-electron chi connectivity index (χ0n) is 13.4. The van der Waals surface area contributed by atoms with Gasteiger partial charge in [-0.05, 0) is 41.9 Å². The van der Waals surface area contributed by atoms with Gasteiger partial charge in [0.05, 0.1) is 0 Å². The van der Waals surface area contributed by atoms with E-state index < -0.39 is 0 Å². The summed E-state index contributed by atoms with van der Waals surface area (Å²) in [5.74, 6) is 4.17. The van der Waals surface area contributed by atoms with E-state index >= 15 is 0 Å². The van der Waals surface area contributed by atoms with Crippen molar-refractivity contribution in [2.45, 2.75) is 59.8 Å². The molecule has 0 aromatic heterocycles. The third-order valence-corrected chi connectivity index (χ3v) is 4.68. The molecular formula is C19H28. The Kier molecular flexibility index (Phi) is 5.24. The molecule has 0 amide bonds. The van der Waals surface area contributed by atoms with Gasteiger partial charge in [0.2, 0.25) is 0 Å². The fraction of sp³-hybridized carbons (Fsp3) is 0.579. The molecule has 1 aliphatic carbocycles. The van der Waals surface area contributed by atoms with Crippen molar-refractivity contribution in [3.05, 3.63) is 34.9 Å². The van der Waals surface area contributed by atoms with Gasteiger partial charge in [0, 0.05) is 11.0 Å². The largest absolute Gasteiger partial charge is 0.115 e. The minimum Gasteiger partial charge on any atom is -0.115 e. The Morgan fingerprint density at radius 2 is 1.68 bits per heavy atom. The SMILES string of the molecule is C#Cc1cccc2c1CCC2(C(C)C)C(C)C.CC. The number of hydrogen-bond donors (Lipinski definition) is 0. The molecule has 104 valence electrons. The van der Waals surface area contributed by atoms with Crippen molar-refractivity contribution in [1.29, 1.82) is 0 Å². The van der Waals surface area contributed by atoms with Crippen LogP contribution in [0.5, 0.6) is 0 Å². The van der Waals surface area contributed by atoms with Crippen LogP contribution in [0.15, 0.2) is 18.2 Å². The Balaban J connectivity index is 0.000000861. The molecule has 0 radical (unpaired) electrons. The first-order valence-electron chi connectivity index (χ1n) is 7.63. The Morgan fingerprint density at radius 3 is 2.16 bits per heavy atom.